The first-order valence-electron chi connectivity index (χ1n) is 13.0. The Bertz CT molecular complexity index is 1120. The van der Waals surface area contributed by atoms with Crippen molar-refractivity contribution >= 4 is 17.5 Å². The smallest absolute Gasteiger partial charge is 0.353 e. The lowest BCUT2D eigenvalue weighted by molar-refractivity contribution is -0.166. The van der Waals surface area contributed by atoms with Crippen LogP contribution in [0.15, 0.2) is 18.2 Å². The fraction of sp³-hybridized carbons (Fsp3) is 0.704. The van der Waals surface area contributed by atoms with E-state index in [1.165, 1.54) is 0 Å². The van der Waals surface area contributed by atoms with E-state index in [2.05, 4.69) is 17.6 Å². The molecule has 1 aromatic carbocycles. The largest absolute Gasteiger partial charge is 0.418 e. The number of fused-ring (bicyclic) bond motifs is 5. The molecule has 1 saturated heterocycles. The summed E-state index contributed by atoms with van der Waals surface area (Å²) in [5.41, 5.74) is -5.05. The Balaban J connectivity index is 1.55. The van der Waals surface area contributed by atoms with Crippen molar-refractivity contribution in [2.24, 2.45) is 28.1 Å². The molecule has 4 nitrogen and oxygen atoms in total. The number of benzene rings is 1. The van der Waals surface area contributed by atoms with Crippen LogP contribution >= 0.6 is 0 Å². The second kappa shape index (κ2) is 8.37. The van der Waals surface area contributed by atoms with E-state index in [0.29, 0.717) is 56.7 Å². The highest BCUT2D eigenvalue weighted by Crippen LogP contribution is 2.70. The molecule has 10 heteroatoms. The number of rotatable bonds is 2. The lowest BCUT2D eigenvalue weighted by atomic mass is 9.42. The molecule has 5 rings (SSSR count). The van der Waals surface area contributed by atoms with E-state index < -0.39 is 45.9 Å². The van der Waals surface area contributed by atoms with Crippen LogP contribution in [-0.2, 0) is 21.9 Å². The van der Waals surface area contributed by atoms with Crippen molar-refractivity contribution in [3.63, 3.8) is 0 Å². The van der Waals surface area contributed by atoms with E-state index in [0.717, 1.165) is 19.3 Å². The molecular formula is C27H32F6N2O2. The molecule has 1 heterocycles. The third kappa shape index (κ3) is 3.95. The van der Waals surface area contributed by atoms with Gasteiger partial charge in [-0.1, -0.05) is 20.3 Å². The predicted octanol–water partition coefficient (Wildman–Crippen LogP) is 6.94. The molecule has 1 aliphatic heterocycles. The van der Waals surface area contributed by atoms with Gasteiger partial charge in [-0.3, -0.25) is 9.59 Å². The maximum Gasteiger partial charge on any atom is 0.418 e. The monoisotopic (exact) mass is 530 g/mol. The molecular weight excluding hydrogens is 498 g/mol. The van der Waals surface area contributed by atoms with Crippen molar-refractivity contribution < 1.29 is 35.9 Å². The highest BCUT2D eigenvalue weighted by Gasteiger charge is 2.68. The van der Waals surface area contributed by atoms with Crippen LogP contribution in [0.5, 0.6) is 0 Å². The topological polar surface area (TPSA) is 58.2 Å². The summed E-state index contributed by atoms with van der Waals surface area (Å²) in [5.74, 6) is -0.620. The van der Waals surface area contributed by atoms with E-state index in [4.69, 9.17) is 0 Å². The Hall–Kier alpha value is -2.26. The second-order valence-electron chi connectivity index (χ2n) is 12.1. The molecule has 4 fully saturated rings. The van der Waals surface area contributed by atoms with Gasteiger partial charge in [-0.15, -0.1) is 0 Å². The van der Waals surface area contributed by atoms with Crippen LogP contribution in [0.1, 0.15) is 82.8 Å². The number of nitrogens with one attached hydrogen (secondary N) is 2. The number of alkyl halides is 6. The van der Waals surface area contributed by atoms with Gasteiger partial charge in [-0.25, -0.2) is 0 Å². The minimum absolute atomic E-state index is 0.0128. The van der Waals surface area contributed by atoms with Crippen LogP contribution in [0.3, 0.4) is 0 Å². The molecule has 1 aromatic rings. The number of anilines is 1. The second-order valence-corrected chi connectivity index (χ2v) is 12.1. The fourth-order valence-corrected chi connectivity index (χ4v) is 8.56. The van der Waals surface area contributed by atoms with Crippen molar-refractivity contribution in [1.82, 2.24) is 5.32 Å². The van der Waals surface area contributed by atoms with Crippen LogP contribution in [0.2, 0.25) is 0 Å². The Morgan fingerprint density at radius 2 is 1.68 bits per heavy atom. The zero-order chi connectivity index (χ0) is 27.0. The van der Waals surface area contributed by atoms with Gasteiger partial charge in [0.1, 0.15) is 0 Å². The van der Waals surface area contributed by atoms with Crippen molar-refractivity contribution in [2.45, 2.75) is 90.0 Å². The number of halogens is 6. The summed E-state index contributed by atoms with van der Waals surface area (Å²) in [6.45, 7) is 4.16. The molecule has 0 radical (unpaired) electrons. The summed E-state index contributed by atoms with van der Waals surface area (Å²) in [5, 5.41) is 5.50. The molecule has 0 aromatic heterocycles. The van der Waals surface area contributed by atoms with E-state index in [9.17, 15) is 35.9 Å². The predicted molar refractivity (Wildman–Crippen MR) is 124 cm³/mol. The Morgan fingerprint density at radius 1 is 0.946 bits per heavy atom. The Labute approximate surface area is 211 Å². The summed E-state index contributed by atoms with van der Waals surface area (Å²) in [6, 6.07) is 1.18. The first-order valence-corrected chi connectivity index (χ1v) is 13.0. The van der Waals surface area contributed by atoms with Crippen LogP contribution < -0.4 is 10.6 Å². The van der Waals surface area contributed by atoms with Gasteiger partial charge in [0.05, 0.1) is 22.2 Å². The van der Waals surface area contributed by atoms with E-state index in [1.54, 1.807) is 0 Å². The van der Waals surface area contributed by atoms with Gasteiger partial charge in [-0.2, -0.15) is 26.3 Å². The van der Waals surface area contributed by atoms with E-state index in [1.807, 2.05) is 6.92 Å². The highest BCUT2D eigenvalue weighted by atomic mass is 19.4. The van der Waals surface area contributed by atoms with Crippen LogP contribution in [0, 0.1) is 28.1 Å². The Kier molecular flexibility index (Phi) is 5.96. The Morgan fingerprint density at radius 3 is 2.35 bits per heavy atom. The van der Waals surface area contributed by atoms with Crippen LogP contribution in [-0.4, -0.2) is 17.9 Å². The molecule has 2 N–H and O–H groups in total. The first kappa shape index (κ1) is 26.4. The minimum Gasteiger partial charge on any atom is -0.353 e. The van der Waals surface area contributed by atoms with Crippen molar-refractivity contribution in [2.75, 3.05) is 5.32 Å². The number of hydrogen-bond donors (Lipinski definition) is 2. The summed E-state index contributed by atoms with van der Waals surface area (Å²) in [7, 11) is 0. The first-order chi connectivity index (χ1) is 17.1. The minimum atomic E-state index is -4.93. The molecule has 37 heavy (non-hydrogen) atoms. The average Bonchev–Trinajstić information content (AvgIpc) is 3.16. The lowest BCUT2D eigenvalue weighted by Crippen LogP contribution is -2.65. The number of carbonyl (C=O) groups excluding carboxylic acids is 2. The molecule has 0 bridgehead atoms. The molecule has 0 spiro atoms. The van der Waals surface area contributed by atoms with Gasteiger partial charge < -0.3 is 10.6 Å². The lowest BCUT2D eigenvalue weighted by Gasteiger charge is -2.63. The summed E-state index contributed by atoms with van der Waals surface area (Å²) >= 11 is 0. The van der Waals surface area contributed by atoms with Crippen molar-refractivity contribution in [1.29, 1.82) is 0 Å². The molecule has 4 aliphatic rings. The van der Waals surface area contributed by atoms with Gasteiger partial charge in [-0.05, 0) is 85.8 Å². The van der Waals surface area contributed by atoms with Crippen LogP contribution in [0.4, 0.5) is 32.0 Å². The van der Waals surface area contributed by atoms with Gasteiger partial charge >= 0.3 is 12.4 Å². The zero-order valence-corrected chi connectivity index (χ0v) is 20.9. The number of amides is 2. The average molecular weight is 531 g/mol. The maximum absolute atomic E-state index is 14.2. The van der Waals surface area contributed by atoms with Gasteiger partial charge in [0.15, 0.2) is 0 Å². The fourth-order valence-electron chi connectivity index (χ4n) is 8.56. The quantitative estimate of drug-likeness (QED) is 0.407. The van der Waals surface area contributed by atoms with Crippen molar-refractivity contribution in [3.05, 3.63) is 29.3 Å². The molecule has 204 valence electrons. The molecule has 3 aliphatic carbocycles. The summed E-state index contributed by atoms with van der Waals surface area (Å²) in [4.78, 5) is 26.3. The summed E-state index contributed by atoms with van der Waals surface area (Å²) in [6.07, 6.45) is -3.84. The third-order valence-electron chi connectivity index (χ3n) is 10.4. The molecule has 0 unspecified atom stereocenters. The zero-order valence-electron chi connectivity index (χ0n) is 20.9. The van der Waals surface area contributed by atoms with E-state index >= 15 is 0 Å². The maximum atomic E-state index is 14.2. The SMILES string of the molecule is C[C@]12CCC(=O)N[C@@H]1CC[C@@H]1[C@@H]2CC[C@]2(C)CCC[C@@]12C(=O)Nc1cc(C(F)(F)F)ccc1C(F)(F)F. The number of carbonyl (C=O) groups is 2. The molecule has 2 amide bonds. The molecule has 3 saturated carbocycles. The van der Waals surface area contributed by atoms with Gasteiger partial charge in [0.25, 0.3) is 0 Å². The summed E-state index contributed by atoms with van der Waals surface area (Å²) < 4.78 is 81.5. The number of piperidine rings is 1. The highest BCUT2D eigenvalue weighted by molar-refractivity contribution is 5.97. The number of hydrogen-bond acceptors (Lipinski definition) is 2. The van der Waals surface area contributed by atoms with Crippen molar-refractivity contribution in [3.8, 4) is 0 Å². The van der Waals surface area contributed by atoms with Gasteiger partial charge in [0.2, 0.25) is 11.8 Å². The molecule has 6 atom stereocenters. The standard InChI is InChI=1S/C27H32F6N2O2/c1-23-10-3-11-25(23,17-6-7-20-24(2,16(17)8-12-23)13-9-21(36)35-20)22(37)34-19-14-15(26(28,29)30)4-5-18(19)27(31,32)33/h4-5,14,16-17,20H,3,6-13H2,1-2H3,(H,34,37)(H,35,36)/t16-,17+,20+,23-,24+,25-/m0/s1. The van der Waals surface area contributed by atoms with Crippen LogP contribution in [0.25, 0.3) is 0 Å². The van der Waals surface area contributed by atoms with Gasteiger partial charge in [0, 0.05) is 12.5 Å². The normalized spacial score (nSPS) is 37.7. The van der Waals surface area contributed by atoms with E-state index in [-0.39, 0.29) is 29.2 Å². The third-order valence-corrected chi connectivity index (χ3v) is 10.4.